The normalized spacial score (nSPS) is 10.4. The minimum absolute atomic E-state index is 0.185. The van der Waals surface area contributed by atoms with Crippen molar-refractivity contribution in [3.63, 3.8) is 0 Å². The predicted molar refractivity (Wildman–Crippen MR) is 86.3 cm³/mol. The van der Waals surface area contributed by atoms with Gasteiger partial charge in [-0.1, -0.05) is 35.5 Å². The van der Waals surface area contributed by atoms with Gasteiger partial charge in [0.15, 0.2) is 0 Å². The highest BCUT2D eigenvalue weighted by Crippen LogP contribution is 2.16. The number of carbonyl (C=O) groups is 1. The molecule has 0 saturated heterocycles. The van der Waals surface area contributed by atoms with E-state index in [1.807, 2.05) is 30.3 Å². The molecular formula is C17H16N4O3. The van der Waals surface area contributed by atoms with E-state index in [9.17, 15) is 4.79 Å². The van der Waals surface area contributed by atoms with Crippen LogP contribution in [0.15, 0.2) is 53.2 Å². The Labute approximate surface area is 138 Å². The number of carbonyl (C=O) groups excluding carboxylic acids is 1. The van der Waals surface area contributed by atoms with Crippen LogP contribution in [0.3, 0.4) is 0 Å². The monoisotopic (exact) mass is 324 g/mol. The maximum Gasteiger partial charge on any atom is 0.254 e. The summed E-state index contributed by atoms with van der Waals surface area (Å²) in [6.45, 7) is 0.212. The summed E-state index contributed by atoms with van der Waals surface area (Å²) in [7, 11) is 3.17. The summed E-state index contributed by atoms with van der Waals surface area (Å²) in [5.74, 6) is 1.07. The average molecular weight is 324 g/mol. The molecule has 0 unspecified atom stereocenters. The molecule has 3 aromatic rings. The molecule has 0 aliphatic heterocycles. The molecular weight excluding hydrogens is 308 g/mol. The maximum atomic E-state index is 12.4. The van der Waals surface area contributed by atoms with Crippen LogP contribution in [0.4, 0.5) is 0 Å². The van der Waals surface area contributed by atoms with E-state index in [0.29, 0.717) is 23.2 Å². The van der Waals surface area contributed by atoms with E-state index in [0.717, 1.165) is 5.56 Å². The molecule has 0 bridgehead atoms. The van der Waals surface area contributed by atoms with Crippen molar-refractivity contribution < 1.29 is 14.1 Å². The van der Waals surface area contributed by atoms with Gasteiger partial charge in [-0.3, -0.25) is 4.79 Å². The number of methoxy groups -OCH3 is 1. The first kappa shape index (κ1) is 15.7. The molecule has 0 fully saturated rings. The SMILES string of the molecule is COc1cc(C(=O)N(C)Cc2nc(-c3ccccc3)no2)ccn1. The zero-order valence-electron chi connectivity index (χ0n) is 13.3. The number of ether oxygens (including phenoxy) is 1. The Balaban J connectivity index is 1.71. The summed E-state index contributed by atoms with van der Waals surface area (Å²) in [6.07, 6.45) is 1.53. The molecule has 1 amide bonds. The molecule has 0 saturated carbocycles. The molecule has 122 valence electrons. The molecule has 0 atom stereocenters. The van der Waals surface area contributed by atoms with E-state index < -0.39 is 0 Å². The number of amides is 1. The van der Waals surface area contributed by atoms with Gasteiger partial charge >= 0.3 is 0 Å². The third-order valence-corrected chi connectivity index (χ3v) is 3.41. The fourth-order valence-electron chi connectivity index (χ4n) is 2.17. The summed E-state index contributed by atoms with van der Waals surface area (Å²) < 4.78 is 10.3. The van der Waals surface area contributed by atoms with Crippen LogP contribution in [0.5, 0.6) is 5.88 Å². The van der Waals surface area contributed by atoms with Crippen molar-refractivity contribution in [3.05, 3.63) is 60.1 Å². The number of hydrogen-bond donors (Lipinski definition) is 0. The number of hydrogen-bond acceptors (Lipinski definition) is 6. The molecule has 0 spiro atoms. The first-order valence-corrected chi connectivity index (χ1v) is 7.31. The molecule has 2 heterocycles. The standard InChI is InChI=1S/C17H16N4O3/c1-21(17(22)13-8-9-18-14(10-13)23-2)11-15-19-16(20-24-15)12-6-4-3-5-7-12/h3-10H,11H2,1-2H3. The topological polar surface area (TPSA) is 81.4 Å². The lowest BCUT2D eigenvalue weighted by Crippen LogP contribution is -2.26. The Morgan fingerprint density at radius 2 is 2.04 bits per heavy atom. The second kappa shape index (κ2) is 6.91. The quantitative estimate of drug-likeness (QED) is 0.717. The van der Waals surface area contributed by atoms with Crippen LogP contribution in [-0.4, -0.2) is 40.1 Å². The van der Waals surface area contributed by atoms with Crippen LogP contribution in [-0.2, 0) is 6.54 Å². The highest BCUT2D eigenvalue weighted by atomic mass is 16.5. The second-order valence-electron chi connectivity index (χ2n) is 5.13. The molecule has 3 rings (SSSR count). The minimum Gasteiger partial charge on any atom is -0.481 e. The van der Waals surface area contributed by atoms with Crippen LogP contribution in [0, 0.1) is 0 Å². The van der Waals surface area contributed by atoms with E-state index in [1.54, 1.807) is 19.2 Å². The Morgan fingerprint density at radius 3 is 2.79 bits per heavy atom. The number of aromatic nitrogens is 3. The molecule has 0 N–H and O–H groups in total. The number of pyridine rings is 1. The average Bonchev–Trinajstić information content (AvgIpc) is 3.10. The lowest BCUT2D eigenvalue weighted by Gasteiger charge is -2.14. The van der Waals surface area contributed by atoms with Crippen molar-refractivity contribution in [2.24, 2.45) is 0 Å². The smallest absolute Gasteiger partial charge is 0.254 e. The summed E-state index contributed by atoms with van der Waals surface area (Å²) in [5.41, 5.74) is 1.34. The minimum atomic E-state index is -0.185. The first-order valence-electron chi connectivity index (χ1n) is 7.31. The second-order valence-corrected chi connectivity index (χ2v) is 5.13. The molecule has 7 nitrogen and oxygen atoms in total. The molecule has 0 aliphatic rings. The molecule has 7 heteroatoms. The van der Waals surface area contributed by atoms with Crippen molar-refractivity contribution in [3.8, 4) is 17.3 Å². The van der Waals surface area contributed by atoms with Gasteiger partial charge in [0.1, 0.15) is 0 Å². The fourth-order valence-corrected chi connectivity index (χ4v) is 2.17. The van der Waals surface area contributed by atoms with Crippen molar-refractivity contribution in [1.29, 1.82) is 0 Å². The van der Waals surface area contributed by atoms with E-state index in [1.165, 1.54) is 18.2 Å². The summed E-state index contributed by atoms with van der Waals surface area (Å²) >= 11 is 0. The highest BCUT2D eigenvalue weighted by molar-refractivity contribution is 5.94. The van der Waals surface area contributed by atoms with Crippen LogP contribution in [0.25, 0.3) is 11.4 Å². The van der Waals surface area contributed by atoms with Gasteiger partial charge in [-0.2, -0.15) is 4.98 Å². The van der Waals surface area contributed by atoms with Crippen LogP contribution < -0.4 is 4.74 Å². The first-order chi connectivity index (χ1) is 11.7. The van der Waals surface area contributed by atoms with Crippen molar-refractivity contribution in [1.82, 2.24) is 20.0 Å². The van der Waals surface area contributed by atoms with Gasteiger partial charge in [0.2, 0.25) is 17.6 Å². The third kappa shape index (κ3) is 3.40. The fraction of sp³-hybridized carbons (Fsp3) is 0.176. The number of nitrogens with zero attached hydrogens (tertiary/aromatic N) is 4. The Bertz CT molecular complexity index is 833. The van der Waals surface area contributed by atoms with Gasteiger partial charge in [0.05, 0.1) is 13.7 Å². The van der Waals surface area contributed by atoms with Crippen LogP contribution >= 0.6 is 0 Å². The van der Waals surface area contributed by atoms with Crippen molar-refractivity contribution in [2.45, 2.75) is 6.54 Å². The number of rotatable bonds is 5. The summed E-state index contributed by atoms with van der Waals surface area (Å²) in [5, 5.41) is 3.94. The van der Waals surface area contributed by atoms with E-state index in [-0.39, 0.29) is 12.5 Å². The lowest BCUT2D eigenvalue weighted by molar-refractivity contribution is 0.0769. The predicted octanol–water partition coefficient (Wildman–Crippen LogP) is 2.41. The summed E-state index contributed by atoms with van der Waals surface area (Å²) in [4.78, 5) is 22.3. The molecule has 1 aromatic carbocycles. The zero-order chi connectivity index (χ0) is 16.9. The Hall–Kier alpha value is -3.22. The summed E-state index contributed by atoms with van der Waals surface area (Å²) in [6, 6.07) is 12.7. The van der Waals surface area contributed by atoms with Crippen molar-refractivity contribution >= 4 is 5.91 Å². The van der Waals surface area contributed by atoms with Gasteiger partial charge in [-0.15, -0.1) is 0 Å². The highest BCUT2D eigenvalue weighted by Gasteiger charge is 2.17. The Morgan fingerprint density at radius 1 is 1.25 bits per heavy atom. The lowest BCUT2D eigenvalue weighted by atomic mass is 10.2. The molecule has 0 aliphatic carbocycles. The molecule has 0 radical (unpaired) electrons. The maximum absolute atomic E-state index is 12.4. The van der Waals surface area contributed by atoms with E-state index >= 15 is 0 Å². The van der Waals surface area contributed by atoms with Gasteiger partial charge in [0.25, 0.3) is 5.91 Å². The number of benzene rings is 1. The van der Waals surface area contributed by atoms with Gasteiger partial charge in [-0.25, -0.2) is 4.98 Å². The molecule has 2 aromatic heterocycles. The van der Waals surface area contributed by atoms with Gasteiger partial charge in [-0.05, 0) is 6.07 Å². The van der Waals surface area contributed by atoms with Crippen LogP contribution in [0.2, 0.25) is 0 Å². The zero-order valence-corrected chi connectivity index (χ0v) is 13.3. The van der Waals surface area contributed by atoms with Gasteiger partial charge < -0.3 is 14.2 Å². The van der Waals surface area contributed by atoms with E-state index in [4.69, 9.17) is 9.26 Å². The van der Waals surface area contributed by atoms with Crippen LogP contribution in [0.1, 0.15) is 16.2 Å². The van der Waals surface area contributed by atoms with E-state index in [2.05, 4.69) is 15.1 Å². The van der Waals surface area contributed by atoms with Crippen molar-refractivity contribution in [2.75, 3.05) is 14.2 Å². The third-order valence-electron chi connectivity index (χ3n) is 3.41. The van der Waals surface area contributed by atoms with Gasteiger partial charge in [0, 0.05) is 30.4 Å². The molecule has 24 heavy (non-hydrogen) atoms. The Kier molecular flexibility index (Phi) is 4.51. The largest absolute Gasteiger partial charge is 0.481 e.